The van der Waals surface area contributed by atoms with Crippen LogP contribution in [0.5, 0.6) is 0 Å². The van der Waals surface area contributed by atoms with Crippen molar-refractivity contribution < 1.29 is 19.4 Å². The number of aryl methyl sites for hydroxylation is 1. The van der Waals surface area contributed by atoms with Gasteiger partial charge in [0.05, 0.1) is 23.6 Å². The Bertz CT molecular complexity index is 1640. The highest BCUT2D eigenvalue weighted by molar-refractivity contribution is 7.08. The van der Waals surface area contributed by atoms with E-state index in [1.807, 2.05) is 4.90 Å². The number of aromatic nitrogens is 6. The highest BCUT2D eigenvalue weighted by Crippen LogP contribution is 2.30. The number of fused-ring (bicyclic) bond motifs is 1. The molecule has 0 aromatic carbocycles. The molecule has 206 valence electrons. The zero-order valence-electron chi connectivity index (χ0n) is 21.8. The summed E-state index contributed by atoms with van der Waals surface area (Å²) in [5.41, 5.74) is 0.319. The Hall–Kier alpha value is -4.10. The molecule has 0 amide bonds. The number of hydrogen-bond acceptors (Lipinski definition) is 11. The fourth-order valence-corrected chi connectivity index (χ4v) is 5.84. The summed E-state index contributed by atoms with van der Waals surface area (Å²) < 4.78 is 11.6. The molecule has 13 heteroatoms. The van der Waals surface area contributed by atoms with Gasteiger partial charge >= 0.3 is 5.97 Å². The minimum Gasteiger partial charge on any atom is -0.477 e. The van der Waals surface area contributed by atoms with Crippen molar-refractivity contribution in [3.8, 4) is 16.6 Å². The average Bonchev–Trinajstić information content (AvgIpc) is 3.42. The molecule has 12 nitrogen and oxygen atoms in total. The molecule has 0 aliphatic carbocycles. The van der Waals surface area contributed by atoms with E-state index in [1.165, 1.54) is 23.2 Å². The van der Waals surface area contributed by atoms with Gasteiger partial charge in [-0.1, -0.05) is 0 Å². The van der Waals surface area contributed by atoms with E-state index < -0.39 is 17.0 Å². The number of rotatable bonds is 8. The number of hydrogen-bond donors (Lipinski definition) is 1. The van der Waals surface area contributed by atoms with Crippen LogP contribution in [0.15, 0.2) is 35.6 Å². The van der Waals surface area contributed by atoms with Crippen LogP contribution in [0, 0.1) is 12.8 Å². The van der Waals surface area contributed by atoms with E-state index in [-0.39, 0.29) is 28.8 Å². The number of aromatic carboxylic acids is 1. The molecule has 1 unspecified atom stereocenters. The Morgan fingerprint density at radius 2 is 2.05 bits per heavy atom. The summed E-state index contributed by atoms with van der Waals surface area (Å²) in [7, 11) is 0. The van der Waals surface area contributed by atoms with Crippen molar-refractivity contribution in [2.24, 2.45) is 5.92 Å². The van der Waals surface area contributed by atoms with E-state index in [2.05, 4.69) is 19.3 Å². The summed E-state index contributed by atoms with van der Waals surface area (Å²) in [6.07, 6.45) is 10.6. The van der Waals surface area contributed by atoms with Gasteiger partial charge in [-0.15, -0.1) is 0 Å². The Morgan fingerprint density at radius 1 is 1.20 bits per heavy atom. The standard InChI is InChI=1S/C27H27N7O5S/c1-15-10-21(33-12-16(13-33)20(35)6-5-17-4-2-3-9-39-17)30-25-22(15)23(36)18(26(37)38)14-34(25)27-31-24(32-40-27)19-11-28-7-8-29-19/h7-8,10-11,14,16-17H,2-6,9,12-13H2,1H3,(H,37,38). The first kappa shape index (κ1) is 26.1. The van der Waals surface area contributed by atoms with Crippen molar-refractivity contribution >= 4 is 40.1 Å². The first-order valence-corrected chi connectivity index (χ1v) is 14.0. The van der Waals surface area contributed by atoms with E-state index in [0.29, 0.717) is 47.5 Å². The first-order chi connectivity index (χ1) is 19.4. The monoisotopic (exact) mass is 561 g/mol. The van der Waals surface area contributed by atoms with Gasteiger partial charge in [-0.25, -0.2) is 14.8 Å². The van der Waals surface area contributed by atoms with Crippen LogP contribution in [0.3, 0.4) is 0 Å². The van der Waals surface area contributed by atoms with E-state index in [9.17, 15) is 19.5 Å². The first-order valence-electron chi connectivity index (χ1n) is 13.2. The number of anilines is 1. The fourth-order valence-electron chi connectivity index (χ4n) is 5.18. The Labute approximate surface area is 232 Å². The number of nitrogens with zero attached hydrogens (tertiary/aromatic N) is 7. The number of ether oxygens (including phenoxy) is 1. The maximum Gasteiger partial charge on any atom is 0.341 e. The molecular formula is C27H27N7O5S. The molecule has 0 bridgehead atoms. The molecule has 0 spiro atoms. The van der Waals surface area contributed by atoms with Crippen LogP contribution in [0.1, 0.15) is 48.0 Å². The van der Waals surface area contributed by atoms with Crippen LogP contribution in [0.4, 0.5) is 5.82 Å². The minimum atomic E-state index is -1.34. The molecule has 4 aromatic rings. The molecule has 40 heavy (non-hydrogen) atoms. The molecule has 0 saturated carbocycles. The van der Waals surface area contributed by atoms with Crippen molar-refractivity contribution in [3.05, 3.63) is 52.2 Å². The topological polar surface area (TPSA) is 153 Å². The number of carboxylic acid groups (broad SMARTS) is 1. The maximum atomic E-state index is 13.2. The van der Waals surface area contributed by atoms with Gasteiger partial charge in [-0.2, -0.15) is 9.36 Å². The van der Waals surface area contributed by atoms with Crippen molar-refractivity contribution in [1.29, 1.82) is 0 Å². The van der Waals surface area contributed by atoms with E-state index in [4.69, 9.17) is 9.72 Å². The van der Waals surface area contributed by atoms with Gasteiger partial charge < -0.3 is 14.7 Å². The third-order valence-corrected chi connectivity index (χ3v) is 8.15. The highest BCUT2D eigenvalue weighted by Gasteiger charge is 2.34. The van der Waals surface area contributed by atoms with Crippen molar-refractivity contribution in [1.82, 2.24) is 28.9 Å². The molecule has 2 aliphatic heterocycles. The quantitative estimate of drug-likeness (QED) is 0.338. The molecule has 6 heterocycles. The third-order valence-electron chi connectivity index (χ3n) is 7.43. The summed E-state index contributed by atoms with van der Waals surface area (Å²) in [6, 6.07) is 1.77. The molecule has 1 N–H and O–H groups in total. The van der Waals surface area contributed by atoms with Crippen LogP contribution in [0.25, 0.3) is 27.7 Å². The minimum absolute atomic E-state index is 0.0734. The number of ketones is 1. The van der Waals surface area contributed by atoms with Crippen LogP contribution >= 0.6 is 11.5 Å². The summed E-state index contributed by atoms with van der Waals surface area (Å²) in [4.78, 5) is 57.4. The summed E-state index contributed by atoms with van der Waals surface area (Å²) in [5, 5.41) is 10.3. The molecule has 0 radical (unpaired) electrons. The van der Waals surface area contributed by atoms with Gasteiger partial charge in [0.1, 0.15) is 22.9 Å². The van der Waals surface area contributed by atoms with Gasteiger partial charge in [-0.05, 0) is 44.2 Å². The Kier molecular flexibility index (Phi) is 7.07. The second kappa shape index (κ2) is 10.8. The van der Waals surface area contributed by atoms with Crippen LogP contribution in [-0.2, 0) is 9.53 Å². The number of carbonyl (C=O) groups excluding carboxylic acids is 1. The van der Waals surface area contributed by atoms with Gasteiger partial charge in [0.25, 0.3) is 0 Å². The number of carboxylic acids is 1. The van der Waals surface area contributed by atoms with Gasteiger partial charge in [0, 0.05) is 56.2 Å². The van der Waals surface area contributed by atoms with Gasteiger partial charge in [-0.3, -0.25) is 19.1 Å². The maximum absolute atomic E-state index is 13.2. The van der Waals surface area contributed by atoms with Crippen LogP contribution in [0.2, 0.25) is 0 Å². The van der Waals surface area contributed by atoms with Crippen molar-refractivity contribution in [3.63, 3.8) is 0 Å². The number of Topliss-reactive ketones (excluding diaryl/α,β-unsaturated/α-hetero) is 1. The van der Waals surface area contributed by atoms with Crippen molar-refractivity contribution in [2.75, 3.05) is 24.6 Å². The number of pyridine rings is 2. The lowest BCUT2D eigenvalue weighted by atomic mass is 9.90. The van der Waals surface area contributed by atoms with E-state index in [0.717, 1.165) is 43.8 Å². The fraction of sp³-hybridized carbons (Fsp3) is 0.407. The summed E-state index contributed by atoms with van der Waals surface area (Å²) >= 11 is 1.03. The smallest absolute Gasteiger partial charge is 0.341 e. The second-order valence-electron chi connectivity index (χ2n) is 10.1. The van der Waals surface area contributed by atoms with Crippen molar-refractivity contribution in [2.45, 2.75) is 45.1 Å². The lowest BCUT2D eigenvalue weighted by Gasteiger charge is -2.39. The average molecular weight is 562 g/mol. The SMILES string of the molecule is Cc1cc(N2CC(C(=O)CCC3CCCCO3)C2)nc2c1c(=O)c(C(=O)O)cn2-c1nc(-c2cnccn2)ns1. The second-order valence-corrected chi connectivity index (χ2v) is 10.9. The zero-order valence-corrected chi connectivity index (χ0v) is 22.6. The van der Waals surface area contributed by atoms with E-state index >= 15 is 0 Å². The molecule has 1 atom stereocenters. The summed E-state index contributed by atoms with van der Waals surface area (Å²) in [6.45, 7) is 3.61. The zero-order chi connectivity index (χ0) is 27.8. The van der Waals surface area contributed by atoms with Gasteiger partial charge in [0.15, 0.2) is 11.5 Å². The molecule has 2 saturated heterocycles. The predicted octanol–water partition coefficient (Wildman–Crippen LogP) is 3.06. The normalized spacial score (nSPS) is 17.6. The molecular weight excluding hydrogens is 534 g/mol. The Balaban J connectivity index is 1.29. The molecule has 4 aromatic heterocycles. The van der Waals surface area contributed by atoms with E-state index in [1.54, 1.807) is 19.2 Å². The number of carbonyl (C=O) groups is 2. The summed E-state index contributed by atoms with van der Waals surface area (Å²) in [5.74, 6) is -0.246. The van der Waals surface area contributed by atoms with Crippen LogP contribution < -0.4 is 10.3 Å². The van der Waals surface area contributed by atoms with Gasteiger partial charge in [0.2, 0.25) is 10.6 Å². The van der Waals surface area contributed by atoms with Crippen LogP contribution in [-0.4, -0.2) is 71.5 Å². The predicted molar refractivity (Wildman–Crippen MR) is 147 cm³/mol. The molecule has 2 fully saturated rings. The lowest BCUT2D eigenvalue weighted by molar-refractivity contribution is -0.124. The molecule has 6 rings (SSSR count). The largest absolute Gasteiger partial charge is 0.477 e. The Morgan fingerprint density at radius 3 is 2.77 bits per heavy atom. The lowest BCUT2D eigenvalue weighted by Crippen LogP contribution is -2.51. The molecule has 2 aliphatic rings. The third kappa shape index (κ3) is 4.97. The highest BCUT2D eigenvalue weighted by atomic mass is 32.1.